The van der Waals surface area contributed by atoms with Gasteiger partial charge in [-0.3, -0.25) is 0 Å². The molecule has 0 aliphatic rings. The molecule has 18 heavy (non-hydrogen) atoms. The van der Waals surface area contributed by atoms with Crippen molar-refractivity contribution in [2.24, 2.45) is 7.05 Å². The van der Waals surface area contributed by atoms with E-state index in [4.69, 9.17) is 17.3 Å². The molecular formula is C11H15ClN6. The highest BCUT2D eigenvalue weighted by Crippen LogP contribution is 2.20. The summed E-state index contributed by atoms with van der Waals surface area (Å²) in [6.45, 7) is 2.48. The topological polar surface area (TPSA) is 81.7 Å². The summed E-state index contributed by atoms with van der Waals surface area (Å²) < 4.78 is 1.98. The lowest BCUT2D eigenvalue weighted by Gasteiger charge is -2.10. The van der Waals surface area contributed by atoms with Crippen molar-refractivity contribution in [3.05, 3.63) is 29.2 Å². The van der Waals surface area contributed by atoms with Crippen LogP contribution in [-0.2, 0) is 13.5 Å². The summed E-state index contributed by atoms with van der Waals surface area (Å²) in [6.07, 6.45) is 4.47. The highest BCUT2D eigenvalue weighted by atomic mass is 35.5. The molecule has 0 amide bonds. The third-order valence-electron chi connectivity index (χ3n) is 2.67. The van der Waals surface area contributed by atoms with E-state index in [1.807, 2.05) is 17.8 Å². The number of aromatic nitrogens is 4. The number of nitrogens with zero attached hydrogens (tertiary/aromatic N) is 4. The van der Waals surface area contributed by atoms with Crippen LogP contribution >= 0.6 is 11.6 Å². The Kier molecular flexibility index (Phi) is 3.66. The van der Waals surface area contributed by atoms with Crippen LogP contribution in [0.5, 0.6) is 0 Å². The zero-order chi connectivity index (χ0) is 13.1. The zero-order valence-corrected chi connectivity index (χ0v) is 11.1. The molecule has 2 rings (SSSR count). The van der Waals surface area contributed by atoms with Gasteiger partial charge in [0.25, 0.3) is 0 Å². The molecule has 0 aliphatic heterocycles. The van der Waals surface area contributed by atoms with Crippen LogP contribution < -0.4 is 11.1 Å². The van der Waals surface area contributed by atoms with Crippen molar-refractivity contribution in [2.45, 2.75) is 13.3 Å². The van der Waals surface area contributed by atoms with Crippen LogP contribution in [0.4, 0.5) is 11.5 Å². The molecule has 0 spiro atoms. The Morgan fingerprint density at radius 3 is 2.89 bits per heavy atom. The van der Waals surface area contributed by atoms with Crippen LogP contribution in [0, 0.1) is 6.92 Å². The minimum absolute atomic E-state index is 0.196. The number of hydrogen-bond donors (Lipinski definition) is 2. The second kappa shape index (κ2) is 5.22. The second-order valence-corrected chi connectivity index (χ2v) is 4.31. The maximum atomic E-state index is 5.87. The number of nitrogens with one attached hydrogen (secondary N) is 1. The van der Waals surface area contributed by atoms with Crippen molar-refractivity contribution in [3.8, 4) is 0 Å². The van der Waals surface area contributed by atoms with Crippen LogP contribution in [0.15, 0.2) is 12.4 Å². The summed E-state index contributed by atoms with van der Waals surface area (Å²) in [6, 6.07) is 0. The minimum atomic E-state index is 0.196. The fourth-order valence-electron chi connectivity index (χ4n) is 1.61. The molecule has 2 aromatic heterocycles. The molecule has 0 aliphatic carbocycles. The number of hydrogen-bond acceptors (Lipinski definition) is 5. The SMILES string of the molecule is Cc1nc(Cl)nc(NCCc2nccn2C)c1N. The van der Waals surface area contributed by atoms with E-state index in [0.29, 0.717) is 23.7 Å². The first-order chi connectivity index (χ1) is 8.58. The van der Waals surface area contributed by atoms with Gasteiger partial charge in [0.05, 0.1) is 11.4 Å². The van der Waals surface area contributed by atoms with E-state index in [2.05, 4.69) is 20.3 Å². The molecule has 2 aromatic rings. The number of anilines is 2. The van der Waals surface area contributed by atoms with Crippen molar-refractivity contribution in [2.75, 3.05) is 17.6 Å². The molecular weight excluding hydrogens is 252 g/mol. The molecule has 6 nitrogen and oxygen atoms in total. The number of nitrogen functional groups attached to an aromatic ring is 1. The molecule has 0 saturated heterocycles. The summed E-state index contributed by atoms with van der Waals surface area (Å²) in [4.78, 5) is 12.3. The quantitative estimate of drug-likeness (QED) is 0.818. The predicted molar refractivity (Wildman–Crippen MR) is 71.6 cm³/mol. The molecule has 0 saturated carbocycles. The van der Waals surface area contributed by atoms with Gasteiger partial charge in [0.15, 0.2) is 5.82 Å². The molecule has 3 N–H and O–H groups in total. The normalized spacial score (nSPS) is 10.6. The number of aryl methyl sites for hydroxylation is 2. The lowest BCUT2D eigenvalue weighted by Crippen LogP contribution is -2.12. The number of nitrogens with two attached hydrogens (primary N) is 1. The summed E-state index contributed by atoms with van der Waals surface area (Å²) in [5.74, 6) is 1.57. The standard InChI is InChI=1S/C11H15ClN6/c1-7-9(13)10(17-11(12)16-7)15-4-3-8-14-5-6-18(8)2/h5-6H,3-4,13H2,1-2H3,(H,15,16,17). The zero-order valence-electron chi connectivity index (χ0n) is 10.3. The third kappa shape index (κ3) is 2.70. The number of imidazole rings is 1. The lowest BCUT2D eigenvalue weighted by molar-refractivity contribution is 0.788. The van der Waals surface area contributed by atoms with Gasteiger partial charge in [0, 0.05) is 32.4 Å². The average molecular weight is 267 g/mol. The van der Waals surface area contributed by atoms with Crippen molar-refractivity contribution in [3.63, 3.8) is 0 Å². The van der Waals surface area contributed by atoms with Gasteiger partial charge in [0.2, 0.25) is 5.28 Å². The molecule has 0 fully saturated rings. The number of rotatable bonds is 4. The highest BCUT2D eigenvalue weighted by molar-refractivity contribution is 6.28. The van der Waals surface area contributed by atoms with Crippen molar-refractivity contribution in [1.82, 2.24) is 19.5 Å². The molecule has 7 heteroatoms. The molecule has 0 unspecified atom stereocenters. The Morgan fingerprint density at radius 2 is 2.22 bits per heavy atom. The molecule has 0 atom stereocenters. The summed E-state index contributed by atoms with van der Waals surface area (Å²) in [5, 5.41) is 3.34. The van der Waals surface area contributed by atoms with Crippen LogP contribution in [0.25, 0.3) is 0 Å². The fourth-order valence-corrected chi connectivity index (χ4v) is 1.82. The monoisotopic (exact) mass is 266 g/mol. The molecule has 0 aromatic carbocycles. The van der Waals surface area contributed by atoms with Crippen LogP contribution in [0.1, 0.15) is 11.5 Å². The summed E-state index contributed by atoms with van der Waals surface area (Å²) in [5.41, 5.74) is 7.08. The van der Waals surface area contributed by atoms with Gasteiger partial charge in [-0.15, -0.1) is 0 Å². The van der Waals surface area contributed by atoms with E-state index in [1.165, 1.54) is 0 Å². The maximum Gasteiger partial charge on any atom is 0.224 e. The molecule has 96 valence electrons. The Morgan fingerprint density at radius 1 is 1.44 bits per heavy atom. The maximum absolute atomic E-state index is 5.87. The first-order valence-corrected chi connectivity index (χ1v) is 5.95. The number of halogens is 1. The van der Waals surface area contributed by atoms with Crippen molar-refractivity contribution < 1.29 is 0 Å². The van der Waals surface area contributed by atoms with E-state index >= 15 is 0 Å². The van der Waals surface area contributed by atoms with Crippen LogP contribution in [-0.4, -0.2) is 26.1 Å². The largest absolute Gasteiger partial charge is 0.394 e. The summed E-state index contributed by atoms with van der Waals surface area (Å²) >= 11 is 5.79. The third-order valence-corrected chi connectivity index (χ3v) is 2.84. The van der Waals surface area contributed by atoms with Crippen LogP contribution in [0.2, 0.25) is 5.28 Å². The highest BCUT2D eigenvalue weighted by Gasteiger charge is 2.07. The minimum Gasteiger partial charge on any atom is -0.394 e. The van der Waals surface area contributed by atoms with Gasteiger partial charge in [-0.1, -0.05) is 0 Å². The van der Waals surface area contributed by atoms with E-state index in [9.17, 15) is 0 Å². The van der Waals surface area contributed by atoms with Crippen molar-refractivity contribution in [1.29, 1.82) is 0 Å². The van der Waals surface area contributed by atoms with E-state index in [0.717, 1.165) is 12.2 Å². The van der Waals surface area contributed by atoms with E-state index < -0.39 is 0 Å². The van der Waals surface area contributed by atoms with Gasteiger partial charge in [-0.05, 0) is 18.5 Å². The summed E-state index contributed by atoms with van der Waals surface area (Å²) in [7, 11) is 1.96. The molecule has 0 radical (unpaired) electrons. The Balaban J connectivity index is 2.01. The second-order valence-electron chi connectivity index (χ2n) is 3.97. The average Bonchev–Trinajstić information content (AvgIpc) is 2.71. The van der Waals surface area contributed by atoms with Crippen LogP contribution in [0.3, 0.4) is 0 Å². The van der Waals surface area contributed by atoms with Gasteiger partial charge in [0.1, 0.15) is 5.82 Å². The molecule has 0 bridgehead atoms. The lowest BCUT2D eigenvalue weighted by atomic mass is 10.3. The first-order valence-electron chi connectivity index (χ1n) is 5.57. The van der Waals surface area contributed by atoms with Gasteiger partial charge in [-0.25, -0.2) is 9.97 Å². The fraction of sp³-hybridized carbons (Fsp3) is 0.364. The van der Waals surface area contributed by atoms with E-state index in [1.54, 1.807) is 13.1 Å². The smallest absolute Gasteiger partial charge is 0.224 e. The Bertz CT molecular complexity index is 550. The van der Waals surface area contributed by atoms with Gasteiger partial charge >= 0.3 is 0 Å². The van der Waals surface area contributed by atoms with E-state index in [-0.39, 0.29) is 5.28 Å². The molecule has 2 heterocycles. The van der Waals surface area contributed by atoms with Gasteiger partial charge < -0.3 is 15.6 Å². The first kappa shape index (κ1) is 12.6. The Labute approximate surface area is 110 Å². The van der Waals surface area contributed by atoms with Crippen molar-refractivity contribution >= 4 is 23.1 Å². The predicted octanol–water partition coefficient (Wildman–Crippen LogP) is 1.41. The van der Waals surface area contributed by atoms with Gasteiger partial charge in [-0.2, -0.15) is 4.98 Å². The Hall–Kier alpha value is -1.82.